The summed E-state index contributed by atoms with van der Waals surface area (Å²) in [5, 5.41) is 8.84. The second kappa shape index (κ2) is 6.35. The largest absolute Gasteiger partial charge is 0.481 e. The number of carbonyl (C=O) groups is 2. The van der Waals surface area contributed by atoms with Crippen LogP contribution in [0.15, 0.2) is 15.7 Å². The van der Waals surface area contributed by atoms with Crippen molar-refractivity contribution in [3.8, 4) is 0 Å². The number of ether oxygens (including phenoxy) is 1. The molecule has 1 atom stereocenters. The number of hydrogen-bond donors (Lipinski definition) is 3. The quantitative estimate of drug-likeness (QED) is 0.445. The third kappa shape index (κ3) is 6.04. The fourth-order valence-corrected chi connectivity index (χ4v) is 1.74. The predicted octanol–water partition coefficient (Wildman–Crippen LogP) is -1.23. The minimum absolute atomic E-state index is 0.269. The third-order valence-electron chi connectivity index (χ3n) is 2.41. The van der Waals surface area contributed by atoms with Gasteiger partial charge < -0.3 is 19.3 Å². The third-order valence-corrected chi connectivity index (χ3v) is 2.41. The maximum Gasteiger partial charge on any atom is 0.355 e. The number of likely N-dealkylation sites (N-methyl/N-ethyl adjacent to an activating group) is 1. The van der Waals surface area contributed by atoms with Crippen molar-refractivity contribution in [3.05, 3.63) is 32.6 Å². The van der Waals surface area contributed by atoms with Crippen molar-refractivity contribution in [2.45, 2.75) is 12.5 Å². The number of nitrogens with zero attached hydrogens (tertiary/aromatic N) is 1. The van der Waals surface area contributed by atoms with Crippen LogP contribution in [0.2, 0.25) is 0 Å². The molecule has 9 heteroatoms. The fraction of sp³-hybridized carbons (Fsp3) is 0.500. The summed E-state index contributed by atoms with van der Waals surface area (Å²) < 4.78 is 5.46. The van der Waals surface area contributed by atoms with E-state index in [0.717, 1.165) is 6.07 Å². The van der Waals surface area contributed by atoms with Crippen molar-refractivity contribution in [2.75, 3.05) is 27.7 Å². The van der Waals surface area contributed by atoms with E-state index in [1.54, 1.807) is 0 Å². The van der Waals surface area contributed by atoms with Crippen molar-refractivity contribution < 1.29 is 23.9 Å². The Balaban J connectivity index is 2.91. The number of aliphatic carboxylic acids is 1. The highest BCUT2D eigenvalue weighted by Crippen LogP contribution is 2.07. The highest BCUT2D eigenvalue weighted by Gasteiger charge is 2.25. The first-order valence-corrected chi connectivity index (χ1v) is 6.14. The average molecular weight is 300 g/mol. The number of aromatic amines is 2. The Hall–Kier alpha value is -2.42. The topological polar surface area (TPSA) is 129 Å². The number of aromatic nitrogens is 2. The van der Waals surface area contributed by atoms with E-state index in [1.165, 1.54) is 0 Å². The van der Waals surface area contributed by atoms with Crippen LogP contribution in [0, 0.1) is 0 Å². The summed E-state index contributed by atoms with van der Waals surface area (Å²) in [4.78, 5) is 49.0. The molecule has 0 radical (unpaired) electrons. The van der Waals surface area contributed by atoms with Crippen molar-refractivity contribution in [2.24, 2.45) is 0 Å². The van der Waals surface area contributed by atoms with Gasteiger partial charge in [-0.3, -0.25) is 14.6 Å². The van der Waals surface area contributed by atoms with Gasteiger partial charge in [0.05, 0.1) is 27.6 Å². The zero-order valence-corrected chi connectivity index (χ0v) is 12.0. The van der Waals surface area contributed by atoms with Gasteiger partial charge in [-0.15, -0.1) is 0 Å². The lowest BCUT2D eigenvalue weighted by molar-refractivity contribution is -0.873. The van der Waals surface area contributed by atoms with Gasteiger partial charge in [0, 0.05) is 6.07 Å². The smallest absolute Gasteiger partial charge is 0.355 e. The van der Waals surface area contributed by atoms with Gasteiger partial charge in [-0.25, -0.2) is 9.59 Å². The summed E-state index contributed by atoms with van der Waals surface area (Å²) in [6.07, 6.45) is -1.24. The number of esters is 1. The number of quaternary nitrogens is 1. The summed E-state index contributed by atoms with van der Waals surface area (Å²) >= 11 is 0. The molecular formula is C12H18N3O6+. The Bertz CT molecular complexity index is 611. The SMILES string of the molecule is C[N+](C)(C)C[C@@H](CC(=O)O)OC(=O)c1cc(=O)[nH]c(=O)[nH]1. The molecule has 116 valence electrons. The normalized spacial score (nSPS) is 12.7. The lowest BCUT2D eigenvalue weighted by Crippen LogP contribution is -2.44. The maximum atomic E-state index is 11.9. The van der Waals surface area contributed by atoms with Gasteiger partial charge in [0.2, 0.25) is 0 Å². The van der Waals surface area contributed by atoms with Crippen LogP contribution in [0.25, 0.3) is 0 Å². The first-order chi connectivity index (χ1) is 9.56. The van der Waals surface area contributed by atoms with Gasteiger partial charge >= 0.3 is 17.6 Å². The lowest BCUT2D eigenvalue weighted by atomic mass is 10.2. The number of carboxylic acid groups (broad SMARTS) is 1. The molecule has 0 aliphatic carbocycles. The molecule has 0 aliphatic rings. The average Bonchev–Trinajstić information content (AvgIpc) is 2.23. The van der Waals surface area contributed by atoms with E-state index in [9.17, 15) is 19.2 Å². The number of H-pyrrole nitrogens is 2. The second-order valence-corrected chi connectivity index (χ2v) is 5.60. The standard InChI is InChI=1S/C12H17N3O6/c1-15(2,3)6-7(4-10(17)18)21-11(19)8-5-9(16)14-12(20)13-8/h5,7H,4,6H2,1-3H3,(H2-,13,14,16,17,18,20)/p+1/t7-/m1/s1. The van der Waals surface area contributed by atoms with Crippen LogP contribution in [0.4, 0.5) is 0 Å². The summed E-state index contributed by atoms with van der Waals surface area (Å²) in [6, 6.07) is 0.882. The molecule has 21 heavy (non-hydrogen) atoms. The number of carbonyl (C=O) groups excluding carboxylic acids is 1. The van der Waals surface area contributed by atoms with Crippen LogP contribution < -0.4 is 11.2 Å². The summed E-state index contributed by atoms with van der Waals surface area (Å²) in [5.41, 5.74) is -1.90. The number of nitrogens with one attached hydrogen (secondary N) is 2. The summed E-state index contributed by atoms with van der Waals surface area (Å²) in [7, 11) is 5.45. The fourth-order valence-electron chi connectivity index (χ4n) is 1.74. The molecule has 0 fully saturated rings. The van der Waals surface area contributed by atoms with E-state index in [4.69, 9.17) is 9.84 Å². The predicted molar refractivity (Wildman–Crippen MR) is 72.0 cm³/mol. The van der Waals surface area contributed by atoms with Crippen LogP contribution in [0.5, 0.6) is 0 Å². The van der Waals surface area contributed by atoms with Gasteiger partial charge in [0.15, 0.2) is 6.10 Å². The molecule has 0 unspecified atom stereocenters. The van der Waals surface area contributed by atoms with Gasteiger partial charge in [-0.2, -0.15) is 0 Å². The molecule has 3 N–H and O–H groups in total. The Morgan fingerprint density at radius 1 is 1.29 bits per heavy atom. The number of hydrogen-bond acceptors (Lipinski definition) is 5. The highest BCUT2D eigenvalue weighted by atomic mass is 16.5. The van der Waals surface area contributed by atoms with E-state index in [-0.39, 0.29) is 18.7 Å². The van der Waals surface area contributed by atoms with Gasteiger partial charge in [-0.05, 0) is 0 Å². The summed E-state index contributed by atoms with van der Waals surface area (Å²) in [5.74, 6) is -2.06. The first-order valence-electron chi connectivity index (χ1n) is 6.14. The van der Waals surface area contributed by atoms with Crippen LogP contribution >= 0.6 is 0 Å². The molecule has 1 rings (SSSR count). The van der Waals surface area contributed by atoms with Crippen molar-refractivity contribution in [1.82, 2.24) is 9.97 Å². The van der Waals surface area contributed by atoms with Crippen LogP contribution in [0.3, 0.4) is 0 Å². The van der Waals surface area contributed by atoms with E-state index < -0.39 is 29.3 Å². The van der Waals surface area contributed by atoms with Crippen molar-refractivity contribution in [3.63, 3.8) is 0 Å². The Kier molecular flexibility index (Phi) is 5.03. The van der Waals surface area contributed by atoms with Crippen LogP contribution in [-0.4, -0.2) is 65.3 Å². The minimum Gasteiger partial charge on any atom is -0.481 e. The molecule has 1 aromatic heterocycles. The van der Waals surface area contributed by atoms with E-state index in [1.807, 2.05) is 26.1 Å². The molecule has 9 nitrogen and oxygen atoms in total. The molecule has 0 spiro atoms. The van der Waals surface area contributed by atoms with Crippen molar-refractivity contribution in [1.29, 1.82) is 0 Å². The molecule has 0 amide bonds. The molecule has 0 saturated carbocycles. The second-order valence-electron chi connectivity index (χ2n) is 5.60. The lowest BCUT2D eigenvalue weighted by Gasteiger charge is -2.28. The monoisotopic (exact) mass is 300 g/mol. The molecule has 0 aliphatic heterocycles. The summed E-state index contributed by atoms with van der Waals surface area (Å²) in [6.45, 7) is 0.269. The Morgan fingerprint density at radius 2 is 1.90 bits per heavy atom. The van der Waals surface area contributed by atoms with Gasteiger partial charge in [-0.1, -0.05) is 0 Å². The first kappa shape index (κ1) is 16.6. The van der Waals surface area contributed by atoms with Crippen molar-refractivity contribution >= 4 is 11.9 Å². The maximum absolute atomic E-state index is 11.9. The van der Waals surface area contributed by atoms with E-state index >= 15 is 0 Å². The van der Waals surface area contributed by atoms with Crippen LogP contribution in [-0.2, 0) is 9.53 Å². The Labute approximate surface area is 119 Å². The zero-order valence-electron chi connectivity index (χ0n) is 12.0. The molecule has 0 aromatic carbocycles. The van der Waals surface area contributed by atoms with Gasteiger partial charge in [0.1, 0.15) is 12.2 Å². The van der Waals surface area contributed by atoms with Gasteiger partial charge in [0.25, 0.3) is 5.56 Å². The molecule has 1 aromatic rings. The number of carboxylic acids is 1. The highest BCUT2D eigenvalue weighted by molar-refractivity contribution is 5.87. The number of rotatable bonds is 6. The molecular weight excluding hydrogens is 282 g/mol. The minimum atomic E-state index is -1.11. The molecule has 0 bridgehead atoms. The zero-order chi connectivity index (χ0) is 16.2. The Morgan fingerprint density at radius 3 is 2.38 bits per heavy atom. The van der Waals surface area contributed by atoms with E-state index in [0.29, 0.717) is 4.48 Å². The molecule has 1 heterocycles. The molecule has 0 saturated heterocycles. The van der Waals surface area contributed by atoms with Crippen LogP contribution in [0.1, 0.15) is 16.9 Å². The van der Waals surface area contributed by atoms with E-state index in [2.05, 4.69) is 4.98 Å².